The van der Waals surface area contributed by atoms with Gasteiger partial charge in [0.25, 0.3) is 11.6 Å². The molecule has 2 aromatic carbocycles. The number of hydrogen-bond donors (Lipinski definition) is 1. The number of nitro groups is 1. The molecule has 3 aromatic rings. The second-order valence-corrected chi connectivity index (χ2v) is 8.90. The van der Waals surface area contributed by atoms with Gasteiger partial charge in [0.1, 0.15) is 11.1 Å². The number of ether oxygens (including phenoxy) is 2. The molecule has 0 atom stereocenters. The van der Waals surface area contributed by atoms with Gasteiger partial charge in [0, 0.05) is 28.9 Å². The van der Waals surface area contributed by atoms with Gasteiger partial charge >= 0.3 is 0 Å². The van der Waals surface area contributed by atoms with Crippen molar-refractivity contribution in [3.05, 3.63) is 74.1 Å². The summed E-state index contributed by atoms with van der Waals surface area (Å²) in [4.78, 5) is 28.3. The van der Waals surface area contributed by atoms with E-state index in [1.165, 1.54) is 36.3 Å². The third-order valence-electron chi connectivity index (χ3n) is 5.50. The van der Waals surface area contributed by atoms with Crippen molar-refractivity contribution in [3.8, 4) is 17.6 Å². The van der Waals surface area contributed by atoms with Crippen molar-refractivity contribution < 1.29 is 19.2 Å². The lowest BCUT2D eigenvalue weighted by Gasteiger charge is -2.11. The van der Waals surface area contributed by atoms with E-state index in [4.69, 9.17) is 9.47 Å². The molecule has 0 unspecified atom stereocenters. The Morgan fingerprint density at radius 2 is 2.00 bits per heavy atom. The number of nitrogens with one attached hydrogen (secondary N) is 1. The fourth-order valence-corrected chi connectivity index (χ4v) is 4.96. The summed E-state index contributed by atoms with van der Waals surface area (Å²) in [6.07, 6.45) is 5.87. The SMILES string of the molecule is COc1cc(/C=N/c2sc3c(c2C#N)CCCC3)ccc1OCC(=O)Nc1ccc([N+](=O)[O-])cc1. The molecule has 10 heteroatoms. The van der Waals surface area contributed by atoms with Crippen LogP contribution in [0.15, 0.2) is 47.5 Å². The number of nitrogens with zero attached hydrogens (tertiary/aromatic N) is 3. The van der Waals surface area contributed by atoms with Gasteiger partial charge in [0.05, 0.1) is 17.6 Å². The zero-order chi connectivity index (χ0) is 24.8. The minimum absolute atomic E-state index is 0.0601. The highest BCUT2D eigenvalue weighted by Crippen LogP contribution is 2.39. The molecule has 1 aromatic heterocycles. The van der Waals surface area contributed by atoms with E-state index in [-0.39, 0.29) is 12.3 Å². The summed E-state index contributed by atoms with van der Waals surface area (Å²) < 4.78 is 11.0. The molecule has 1 N–H and O–H groups in total. The molecule has 0 saturated heterocycles. The van der Waals surface area contributed by atoms with Crippen molar-refractivity contribution in [2.75, 3.05) is 19.0 Å². The normalized spacial score (nSPS) is 12.6. The van der Waals surface area contributed by atoms with Gasteiger partial charge in [-0.3, -0.25) is 14.9 Å². The highest BCUT2D eigenvalue weighted by Gasteiger charge is 2.20. The molecular weight excluding hydrogens is 468 g/mol. The Labute approximate surface area is 205 Å². The highest BCUT2D eigenvalue weighted by atomic mass is 32.1. The van der Waals surface area contributed by atoms with Gasteiger partial charge in [-0.25, -0.2) is 4.99 Å². The van der Waals surface area contributed by atoms with Gasteiger partial charge in [0.2, 0.25) is 0 Å². The van der Waals surface area contributed by atoms with Gasteiger partial charge in [-0.05, 0) is 67.1 Å². The summed E-state index contributed by atoms with van der Waals surface area (Å²) in [5.41, 5.74) is 2.95. The van der Waals surface area contributed by atoms with Gasteiger partial charge in [0.15, 0.2) is 18.1 Å². The molecule has 1 heterocycles. The fraction of sp³-hybridized carbons (Fsp3) is 0.240. The van der Waals surface area contributed by atoms with Crippen LogP contribution in [0.1, 0.15) is 34.4 Å². The molecule has 1 amide bonds. The van der Waals surface area contributed by atoms with Crippen molar-refractivity contribution in [3.63, 3.8) is 0 Å². The lowest BCUT2D eigenvalue weighted by molar-refractivity contribution is -0.384. The predicted octanol–water partition coefficient (Wildman–Crippen LogP) is 5.18. The minimum Gasteiger partial charge on any atom is -0.493 e. The van der Waals surface area contributed by atoms with Crippen molar-refractivity contribution in [1.29, 1.82) is 5.26 Å². The quantitative estimate of drug-likeness (QED) is 0.263. The third kappa shape index (κ3) is 5.65. The Balaban J connectivity index is 1.40. The maximum atomic E-state index is 12.2. The third-order valence-corrected chi connectivity index (χ3v) is 6.70. The number of fused-ring (bicyclic) bond motifs is 1. The number of anilines is 1. The van der Waals surface area contributed by atoms with Gasteiger partial charge < -0.3 is 14.8 Å². The number of non-ortho nitro benzene ring substituents is 1. The lowest BCUT2D eigenvalue weighted by Crippen LogP contribution is -2.20. The maximum absolute atomic E-state index is 12.2. The first-order valence-electron chi connectivity index (χ1n) is 10.9. The van der Waals surface area contributed by atoms with Crippen molar-refractivity contribution in [2.45, 2.75) is 25.7 Å². The first kappa shape index (κ1) is 23.9. The first-order valence-corrected chi connectivity index (χ1v) is 11.7. The van der Waals surface area contributed by atoms with Crippen LogP contribution in [0.3, 0.4) is 0 Å². The maximum Gasteiger partial charge on any atom is 0.269 e. The number of thiophene rings is 1. The van der Waals surface area contributed by atoms with E-state index < -0.39 is 10.8 Å². The number of amides is 1. The average Bonchev–Trinajstić information content (AvgIpc) is 3.24. The van der Waals surface area contributed by atoms with Crippen LogP contribution in [0, 0.1) is 21.4 Å². The van der Waals surface area contributed by atoms with Gasteiger partial charge in [-0.2, -0.15) is 5.26 Å². The van der Waals surface area contributed by atoms with Crippen LogP contribution in [0.2, 0.25) is 0 Å². The van der Waals surface area contributed by atoms with Crippen LogP contribution < -0.4 is 14.8 Å². The standard InChI is InChI=1S/C25H22N4O5S/c1-33-22-12-16(14-27-25-20(13-26)19-4-2-3-5-23(19)35-25)6-11-21(22)34-15-24(30)28-17-7-9-18(10-8-17)29(31)32/h6-12,14H,2-5,15H2,1H3,(H,28,30)/b27-14+. The van der Waals surface area contributed by atoms with Crippen LogP contribution in [-0.2, 0) is 17.6 Å². The molecule has 1 aliphatic carbocycles. The minimum atomic E-state index is -0.508. The number of rotatable bonds is 8. The highest BCUT2D eigenvalue weighted by molar-refractivity contribution is 7.16. The largest absolute Gasteiger partial charge is 0.493 e. The zero-order valence-electron chi connectivity index (χ0n) is 18.9. The first-order chi connectivity index (χ1) is 17.0. The molecule has 0 spiro atoms. The lowest BCUT2D eigenvalue weighted by atomic mass is 9.96. The molecule has 0 saturated carbocycles. The predicted molar refractivity (Wildman–Crippen MR) is 133 cm³/mol. The summed E-state index contributed by atoms with van der Waals surface area (Å²) in [5, 5.41) is 23.7. The van der Waals surface area contributed by atoms with E-state index in [0.29, 0.717) is 22.7 Å². The van der Waals surface area contributed by atoms with Crippen LogP contribution in [0.25, 0.3) is 0 Å². The number of methoxy groups -OCH3 is 1. The Kier molecular flexibility index (Phi) is 7.38. The number of aryl methyl sites for hydroxylation is 1. The number of hydrogen-bond acceptors (Lipinski definition) is 8. The van der Waals surface area contributed by atoms with Gasteiger partial charge in [-0.15, -0.1) is 11.3 Å². The Hall–Kier alpha value is -4.23. The van der Waals surface area contributed by atoms with Crippen LogP contribution >= 0.6 is 11.3 Å². The van der Waals surface area contributed by atoms with Crippen LogP contribution in [-0.4, -0.2) is 30.8 Å². The number of nitro benzene ring substituents is 1. The Morgan fingerprint density at radius 1 is 1.23 bits per heavy atom. The summed E-state index contributed by atoms with van der Waals surface area (Å²) in [6.45, 7) is -0.271. The topological polar surface area (TPSA) is 127 Å². The second-order valence-electron chi connectivity index (χ2n) is 7.81. The van der Waals surface area contributed by atoms with Crippen molar-refractivity contribution >= 4 is 39.8 Å². The summed E-state index contributed by atoms with van der Waals surface area (Å²) in [7, 11) is 1.50. The van der Waals surface area contributed by atoms with E-state index in [9.17, 15) is 20.2 Å². The average molecular weight is 491 g/mol. The smallest absolute Gasteiger partial charge is 0.269 e. The fourth-order valence-electron chi connectivity index (χ4n) is 3.78. The molecule has 0 radical (unpaired) electrons. The van der Waals surface area contributed by atoms with Gasteiger partial charge in [-0.1, -0.05) is 0 Å². The molecule has 9 nitrogen and oxygen atoms in total. The van der Waals surface area contributed by atoms with E-state index in [1.807, 2.05) is 0 Å². The van der Waals surface area contributed by atoms with E-state index in [2.05, 4.69) is 16.4 Å². The second kappa shape index (κ2) is 10.8. The molecule has 0 bridgehead atoms. The Morgan fingerprint density at radius 3 is 2.71 bits per heavy atom. The molecule has 0 aliphatic heterocycles. The number of benzene rings is 2. The summed E-state index contributed by atoms with van der Waals surface area (Å²) >= 11 is 1.58. The van der Waals surface area contributed by atoms with Crippen molar-refractivity contribution in [2.24, 2.45) is 4.99 Å². The number of carbonyl (C=O) groups excluding carboxylic acids is 1. The van der Waals surface area contributed by atoms with Crippen LogP contribution in [0.4, 0.5) is 16.4 Å². The molecule has 35 heavy (non-hydrogen) atoms. The van der Waals surface area contributed by atoms with Crippen molar-refractivity contribution in [1.82, 2.24) is 0 Å². The Bertz CT molecular complexity index is 1320. The van der Waals surface area contributed by atoms with Crippen LogP contribution in [0.5, 0.6) is 11.5 Å². The molecular formula is C25H22N4O5S. The molecule has 1 aliphatic rings. The number of nitriles is 1. The molecule has 4 rings (SSSR count). The number of aliphatic imine (C=N–C) groups is 1. The summed E-state index contributed by atoms with van der Waals surface area (Å²) in [6, 6.07) is 13.0. The molecule has 178 valence electrons. The van der Waals surface area contributed by atoms with E-state index in [1.54, 1.807) is 35.8 Å². The molecule has 0 fully saturated rings. The van der Waals surface area contributed by atoms with E-state index in [0.717, 1.165) is 41.8 Å². The number of carbonyl (C=O) groups is 1. The van der Waals surface area contributed by atoms with E-state index >= 15 is 0 Å². The summed E-state index contributed by atoms with van der Waals surface area (Å²) in [5.74, 6) is 0.396. The monoisotopic (exact) mass is 490 g/mol. The zero-order valence-corrected chi connectivity index (χ0v) is 19.8.